The lowest BCUT2D eigenvalue weighted by atomic mass is 10.1. The van der Waals surface area contributed by atoms with Crippen molar-refractivity contribution in [3.05, 3.63) is 60.2 Å². The minimum absolute atomic E-state index is 0.137. The van der Waals surface area contributed by atoms with E-state index in [9.17, 15) is 13.2 Å². The summed E-state index contributed by atoms with van der Waals surface area (Å²) in [6.45, 7) is 7.05. The molecule has 1 fully saturated rings. The van der Waals surface area contributed by atoms with E-state index in [1.807, 2.05) is 12.1 Å². The van der Waals surface area contributed by atoms with Gasteiger partial charge in [-0.3, -0.25) is 4.90 Å². The van der Waals surface area contributed by atoms with Crippen molar-refractivity contribution in [3.8, 4) is 0 Å². The van der Waals surface area contributed by atoms with Crippen molar-refractivity contribution >= 4 is 15.9 Å². The Labute approximate surface area is 166 Å². The van der Waals surface area contributed by atoms with Gasteiger partial charge in [0.1, 0.15) is 0 Å². The van der Waals surface area contributed by atoms with Gasteiger partial charge in [-0.15, -0.1) is 0 Å². The van der Waals surface area contributed by atoms with Crippen LogP contribution in [0.2, 0.25) is 0 Å². The Morgan fingerprint density at radius 3 is 2.11 bits per heavy atom. The van der Waals surface area contributed by atoms with E-state index >= 15 is 0 Å². The lowest BCUT2D eigenvalue weighted by Gasteiger charge is -2.37. The molecule has 150 valence electrons. The number of ether oxygens (including phenoxy) is 1. The highest BCUT2D eigenvalue weighted by atomic mass is 32.2. The van der Waals surface area contributed by atoms with E-state index in [1.54, 1.807) is 54.3 Å². The van der Waals surface area contributed by atoms with Gasteiger partial charge in [0.2, 0.25) is 9.84 Å². The van der Waals surface area contributed by atoms with Crippen LogP contribution in [0, 0.1) is 0 Å². The minimum Gasteiger partial charge on any atom is -0.450 e. The zero-order chi connectivity index (χ0) is 20.1. The summed E-state index contributed by atoms with van der Waals surface area (Å²) in [5.41, 5.74) is 1.05. The molecule has 0 saturated carbocycles. The third-order valence-corrected chi connectivity index (χ3v) is 6.90. The first kappa shape index (κ1) is 20.4. The van der Waals surface area contributed by atoms with Gasteiger partial charge >= 0.3 is 6.09 Å². The zero-order valence-corrected chi connectivity index (χ0v) is 17.1. The topological polar surface area (TPSA) is 66.9 Å². The van der Waals surface area contributed by atoms with Crippen molar-refractivity contribution in [2.75, 3.05) is 32.8 Å². The number of hydrogen-bond acceptors (Lipinski definition) is 5. The number of rotatable bonds is 5. The molecule has 1 amide bonds. The van der Waals surface area contributed by atoms with Crippen LogP contribution in [0.15, 0.2) is 64.4 Å². The normalized spacial score (nSPS) is 16.6. The molecule has 1 aliphatic heterocycles. The van der Waals surface area contributed by atoms with E-state index in [0.717, 1.165) is 18.7 Å². The largest absolute Gasteiger partial charge is 0.450 e. The monoisotopic (exact) mass is 402 g/mol. The second kappa shape index (κ2) is 8.75. The summed E-state index contributed by atoms with van der Waals surface area (Å²) in [6.07, 6.45) is -0.259. The molecule has 1 unspecified atom stereocenters. The quantitative estimate of drug-likeness (QED) is 0.767. The van der Waals surface area contributed by atoms with Crippen LogP contribution in [0.25, 0.3) is 0 Å². The highest BCUT2D eigenvalue weighted by molar-refractivity contribution is 7.91. The maximum atomic E-state index is 12.7. The highest BCUT2D eigenvalue weighted by Crippen LogP contribution is 2.25. The fourth-order valence-electron chi connectivity index (χ4n) is 3.38. The predicted molar refractivity (Wildman–Crippen MR) is 107 cm³/mol. The van der Waals surface area contributed by atoms with Crippen LogP contribution in [-0.2, 0) is 14.6 Å². The van der Waals surface area contributed by atoms with Gasteiger partial charge in [-0.05, 0) is 43.7 Å². The van der Waals surface area contributed by atoms with Gasteiger partial charge in [0, 0.05) is 32.2 Å². The molecule has 2 aromatic rings. The second-order valence-corrected chi connectivity index (χ2v) is 8.73. The predicted octanol–water partition coefficient (Wildman–Crippen LogP) is 3.35. The molecule has 0 aliphatic carbocycles. The molecule has 1 atom stereocenters. The summed E-state index contributed by atoms with van der Waals surface area (Å²) in [5, 5.41) is 0. The molecule has 6 nitrogen and oxygen atoms in total. The molecule has 3 rings (SSSR count). The van der Waals surface area contributed by atoms with E-state index in [0.29, 0.717) is 29.5 Å². The smallest absolute Gasteiger partial charge is 0.409 e. The average Bonchev–Trinajstić information content (AvgIpc) is 2.74. The fourth-order valence-corrected chi connectivity index (χ4v) is 4.66. The van der Waals surface area contributed by atoms with Gasteiger partial charge in [0.25, 0.3) is 0 Å². The van der Waals surface area contributed by atoms with Gasteiger partial charge in [-0.25, -0.2) is 13.2 Å². The van der Waals surface area contributed by atoms with E-state index in [1.165, 1.54) is 0 Å². The molecule has 2 aromatic carbocycles. The number of carbonyl (C=O) groups is 1. The Morgan fingerprint density at radius 2 is 1.54 bits per heavy atom. The first-order valence-corrected chi connectivity index (χ1v) is 11.0. The van der Waals surface area contributed by atoms with Crippen molar-refractivity contribution in [3.63, 3.8) is 0 Å². The number of carbonyl (C=O) groups excluding carboxylic acids is 1. The molecule has 0 bridgehead atoms. The number of benzene rings is 2. The number of sulfone groups is 1. The highest BCUT2D eigenvalue weighted by Gasteiger charge is 2.26. The lowest BCUT2D eigenvalue weighted by molar-refractivity contribution is 0.0686. The molecule has 7 heteroatoms. The maximum Gasteiger partial charge on any atom is 0.409 e. The standard InChI is InChI=1S/C21H26N2O4S/c1-3-27-21(24)23-15-13-22(14-16-23)17(2)18-9-11-20(12-10-18)28(25,26)19-7-5-4-6-8-19/h4-12,17H,3,13-16H2,1-2H3. The van der Waals surface area contributed by atoms with Gasteiger partial charge in [0.05, 0.1) is 16.4 Å². The molecule has 0 aromatic heterocycles. The van der Waals surface area contributed by atoms with Crippen LogP contribution in [0.3, 0.4) is 0 Å². The Bertz CT molecular complexity index is 890. The van der Waals surface area contributed by atoms with Crippen LogP contribution in [0.1, 0.15) is 25.5 Å². The van der Waals surface area contributed by atoms with Crippen LogP contribution in [0.4, 0.5) is 4.79 Å². The summed E-state index contributed by atoms with van der Waals surface area (Å²) in [4.78, 5) is 16.4. The molecule has 1 saturated heterocycles. The third kappa shape index (κ3) is 4.36. The summed E-state index contributed by atoms with van der Waals surface area (Å²) in [5.74, 6) is 0. The van der Waals surface area contributed by atoms with Gasteiger partial charge in [0.15, 0.2) is 0 Å². The van der Waals surface area contributed by atoms with Crippen molar-refractivity contribution in [2.24, 2.45) is 0 Å². The Morgan fingerprint density at radius 1 is 0.964 bits per heavy atom. The molecule has 0 spiro atoms. The minimum atomic E-state index is -3.50. The van der Waals surface area contributed by atoms with E-state index < -0.39 is 9.84 Å². The second-order valence-electron chi connectivity index (χ2n) is 6.78. The molecule has 1 aliphatic rings. The lowest BCUT2D eigenvalue weighted by Crippen LogP contribution is -2.49. The zero-order valence-electron chi connectivity index (χ0n) is 16.2. The van der Waals surface area contributed by atoms with E-state index in [4.69, 9.17) is 4.74 Å². The molecule has 0 radical (unpaired) electrons. The molecular formula is C21H26N2O4S. The Hall–Kier alpha value is -2.38. The number of hydrogen-bond donors (Lipinski definition) is 0. The molecule has 0 N–H and O–H groups in total. The van der Waals surface area contributed by atoms with Crippen molar-refractivity contribution in [1.82, 2.24) is 9.80 Å². The average molecular weight is 403 g/mol. The fraction of sp³-hybridized carbons (Fsp3) is 0.381. The number of nitrogens with zero attached hydrogens (tertiary/aromatic N) is 2. The Balaban J connectivity index is 1.66. The molecular weight excluding hydrogens is 376 g/mol. The summed E-state index contributed by atoms with van der Waals surface area (Å²) in [7, 11) is -3.50. The van der Waals surface area contributed by atoms with Crippen LogP contribution in [0.5, 0.6) is 0 Å². The van der Waals surface area contributed by atoms with Crippen molar-refractivity contribution < 1.29 is 17.9 Å². The third-order valence-electron chi connectivity index (χ3n) is 5.11. The maximum absolute atomic E-state index is 12.7. The van der Waals surface area contributed by atoms with Gasteiger partial charge in [-0.2, -0.15) is 0 Å². The first-order chi connectivity index (χ1) is 13.4. The first-order valence-electron chi connectivity index (χ1n) is 9.49. The van der Waals surface area contributed by atoms with Crippen LogP contribution >= 0.6 is 0 Å². The summed E-state index contributed by atoms with van der Waals surface area (Å²) in [6, 6.07) is 15.7. The Kier molecular flexibility index (Phi) is 6.36. The summed E-state index contributed by atoms with van der Waals surface area (Å²) >= 11 is 0. The summed E-state index contributed by atoms with van der Waals surface area (Å²) < 4.78 is 30.5. The number of piperazine rings is 1. The van der Waals surface area contributed by atoms with Crippen molar-refractivity contribution in [2.45, 2.75) is 29.7 Å². The van der Waals surface area contributed by atoms with Crippen LogP contribution < -0.4 is 0 Å². The van der Waals surface area contributed by atoms with Gasteiger partial charge < -0.3 is 9.64 Å². The number of amides is 1. The van der Waals surface area contributed by atoms with E-state index in [-0.39, 0.29) is 12.1 Å². The SMILES string of the molecule is CCOC(=O)N1CCN(C(C)c2ccc(S(=O)(=O)c3ccccc3)cc2)CC1. The molecule has 28 heavy (non-hydrogen) atoms. The van der Waals surface area contributed by atoms with Crippen LogP contribution in [-0.4, -0.2) is 57.1 Å². The van der Waals surface area contributed by atoms with Gasteiger partial charge in [-0.1, -0.05) is 30.3 Å². The van der Waals surface area contributed by atoms with Crippen molar-refractivity contribution in [1.29, 1.82) is 0 Å². The molecule has 1 heterocycles. The van der Waals surface area contributed by atoms with E-state index in [2.05, 4.69) is 11.8 Å².